The van der Waals surface area contributed by atoms with Gasteiger partial charge in [0.1, 0.15) is 18.4 Å². The second kappa shape index (κ2) is 6.30. The summed E-state index contributed by atoms with van der Waals surface area (Å²) in [6.45, 7) is 2.69. The van der Waals surface area contributed by atoms with E-state index >= 15 is 0 Å². The summed E-state index contributed by atoms with van der Waals surface area (Å²) in [5, 5.41) is 8.80. The normalized spacial score (nSPS) is 18.6. The van der Waals surface area contributed by atoms with Crippen molar-refractivity contribution in [1.82, 2.24) is 4.98 Å². The van der Waals surface area contributed by atoms with Crippen LogP contribution >= 0.6 is 0 Å². The van der Waals surface area contributed by atoms with Crippen molar-refractivity contribution in [3.63, 3.8) is 0 Å². The molecule has 0 radical (unpaired) electrons. The molecule has 0 aromatic carbocycles. The summed E-state index contributed by atoms with van der Waals surface area (Å²) in [5.41, 5.74) is 1.23. The number of rotatable bonds is 3. The first-order valence-corrected chi connectivity index (χ1v) is 6.37. The van der Waals surface area contributed by atoms with Crippen LogP contribution in [-0.4, -0.2) is 30.3 Å². The van der Waals surface area contributed by atoms with Gasteiger partial charge < -0.3 is 9.47 Å². The molecular formula is C14H16N2O3. The summed E-state index contributed by atoms with van der Waals surface area (Å²) in [6, 6.07) is 5.10. The van der Waals surface area contributed by atoms with E-state index in [0.717, 1.165) is 25.9 Å². The number of aromatic nitrogens is 1. The first-order valence-electron chi connectivity index (χ1n) is 6.37. The number of pyridine rings is 1. The standard InChI is InChI=1S/C14H16N2O3/c1-10-11(8-15)5-6-13(16-10)14(17)19-9-12-4-2-3-7-18-12/h5-6,12H,2-4,7,9H2,1H3/t12-/m1/s1. The van der Waals surface area contributed by atoms with Gasteiger partial charge in [-0.25, -0.2) is 9.78 Å². The molecule has 1 aromatic heterocycles. The van der Waals surface area contributed by atoms with Gasteiger partial charge in [0, 0.05) is 6.61 Å². The Bertz CT molecular complexity index is 502. The van der Waals surface area contributed by atoms with Crippen molar-refractivity contribution in [2.45, 2.75) is 32.3 Å². The van der Waals surface area contributed by atoms with E-state index in [1.165, 1.54) is 6.07 Å². The Hall–Kier alpha value is -1.93. The molecule has 2 heterocycles. The largest absolute Gasteiger partial charge is 0.458 e. The first-order chi connectivity index (χ1) is 9.20. The Kier molecular flexibility index (Phi) is 4.48. The zero-order valence-electron chi connectivity index (χ0n) is 10.9. The van der Waals surface area contributed by atoms with E-state index in [2.05, 4.69) is 4.98 Å². The summed E-state index contributed by atoms with van der Waals surface area (Å²) < 4.78 is 10.7. The van der Waals surface area contributed by atoms with Gasteiger partial charge in [-0.3, -0.25) is 0 Å². The second-order valence-corrected chi connectivity index (χ2v) is 4.53. The third-order valence-corrected chi connectivity index (χ3v) is 3.09. The second-order valence-electron chi connectivity index (χ2n) is 4.53. The Morgan fingerprint density at radius 1 is 1.58 bits per heavy atom. The highest BCUT2D eigenvalue weighted by Crippen LogP contribution is 2.13. The van der Waals surface area contributed by atoms with Gasteiger partial charge in [0.25, 0.3) is 0 Å². The predicted octanol–water partition coefficient (Wildman–Crippen LogP) is 1.99. The van der Waals surface area contributed by atoms with Gasteiger partial charge in [-0.1, -0.05) is 0 Å². The van der Waals surface area contributed by atoms with Gasteiger partial charge in [0.2, 0.25) is 0 Å². The smallest absolute Gasteiger partial charge is 0.357 e. The average Bonchev–Trinajstić information content (AvgIpc) is 2.45. The van der Waals surface area contributed by atoms with E-state index in [9.17, 15) is 4.79 Å². The van der Waals surface area contributed by atoms with Gasteiger partial charge in [-0.2, -0.15) is 5.26 Å². The first kappa shape index (κ1) is 13.5. The maximum atomic E-state index is 11.8. The maximum Gasteiger partial charge on any atom is 0.357 e. The van der Waals surface area contributed by atoms with Gasteiger partial charge >= 0.3 is 5.97 Å². The maximum absolute atomic E-state index is 11.8. The van der Waals surface area contributed by atoms with Crippen LogP contribution in [0.15, 0.2) is 12.1 Å². The molecule has 0 aliphatic carbocycles. The Morgan fingerprint density at radius 3 is 3.05 bits per heavy atom. The SMILES string of the molecule is Cc1nc(C(=O)OC[C@H]2CCCCO2)ccc1C#N. The molecule has 1 atom stereocenters. The van der Waals surface area contributed by atoms with Crippen LogP contribution in [-0.2, 0) is 9.47 Å². The molecular weight excluding hydrogens is 244 g/mol. The van der Waals surface area contributed by atoms with Gasteiger partial charge in [0.15, 0.2) is 0 Å². The number of carbonyl (C=O) groups excluding carboxylic acids is 1. The molecule has 5 heteroatoms. The number of carbonyl (C=O) groups is 1. The van der Waals surface area contributed by atoms with E-state index in [0.29, 0.717) is 11.3 Å². The minimum absolute atomic E-state index is 0.00261. The number of hydrogen-bond donors (Lipinski definition) is 0. The fourth-order valence-electron chi connectivity index (χ4n) is 1.97. The molecule has 1 aliphatic rings. The summed E-state index contributed by atoms with van der Waals surface area (Å²) in [7, 11) is 0. The summed E-state index contributed by atoms with van der Waals surface area (Å²) in [4.78, 5) is 15.9. The van der Waals surface area contributed by atoms with Crippen molar-refractivity contribution >= 4 is 5.97 Å². The lowest BCUT2D eigenvalue weighted by Gasteiger charge is -2.21. The molecule has 100 valence electrons. The topological polar surface area (TPSA) is 72.2 Å². The van der Waals surface area contributed by atoms with Crippen LogP contribution in [0.1, 0.15) is 41.0 Å². The number of nitrogens with zero attached hydrogens (tertiary/aromatic N) is 2. The van der Waals surface area contributed by atoms with E-state index in [4.69, 9.17) is 14.7 Å². The molecule has 0 spiro atoms. The molecule has 1 saturated heterocycles. The lowest BCUT2D eigenvalue weighted by Crippen LogP contribution is -2.26. The van der Waals surface area contributed by atoms with Crippen molar-refractivity contribution in [3.8, 4) is 6.07 Å². The van der Waals surface area contributed by atoms with Crippen molar-refractivity contribution in [2.75, 3.05) is 13.2 Å². The zero-order valence-corrected chi connectivity index (χ0v) is 10.9. The lowest BCUT2D eigenvalue weighted by atomic mass is 10.1. The molecule has 0 unspecified atom stereocenters. The number of esters is 1. The van der Waals surface area contributed by atoms with E-state index in [1.807, 2.05) is 6.07 Å². The molecule has 5 nitrogen and oxygen atoms in total. The van der Waals surface area contributed by atoms with Crippen molar-refractivity contribution < 1.29 is 14.3 Å². The lowest BCUT2D eigenvalue weighted by molar-refractivity contribution is -0.0302. The highest BCUT2D eigenvalue weighted by molar-refractivity contribution is 5.87. The average molecular weight is 260 g/mol. The zero-order chi connectivity index (χ0) is 13.7. The van der Waals surface area contributed by atoms with Crippen LogP contribution in [0.25, 0.3) is 0 Å². The Labute approximate surface area is 112 Å². The van der Waals surface area contributed by atoms with E-state index in [1.54, 1.807) is 13.0 Å². The van der Waals surface area contributed by atoms with Crippen molar-refractivity contribution in [3.05, 3.63) is 29.1 Å². The van der Waals surface area contributed by atoms with Crippen molar-refractivity contribution in [2.24, 2.45) is 0 Å². The van der Waals surface area contributed by atoms with E-state index in [-0.39, 0.29) is 18.4 Å². The molecule has 0 bridgehead atoms. The predicted molar refractivity (Wildman–Crippen MR) is 67.6 cm³/mol. The van der Waals surface area contributed by atoms with Gasteiger partial charge in [0.05, 0.1) is 17.4 Å². The highest BCUT2D eigenvalue weighted by Gasteiger charge is 2.17. The minimum Gasteiger partial charge on any atom is -0.458 e. The Balaban J connectivity index is 1.92. The van der Waals surface area contributed by atoms with Crippen LogP contribution in [0.4, 0.5) is 0 Å². The molecule has 2 rings (SSSR count). The van der Waals surface area contributed by atoms with Crippen LogP contribution in [0, 0.1) is 18.3 Å². The number of aryl methyl sites for hydroxylation is 1. The van der Waals surface area contributed by atoms with Crippen molar-refractivity contribution in [1.29, 1.82) is 5.26 Å². The molecule has 0 N–H and O–H groups in total. The molecule has 1 aromatic rings. The summed E-state index contributed by atoms with van der Waals surface area (Å²) in [6.07, 6.45) is 3.10. The number of hydrogen-bond acceptors (Lipinski definition) is 5. The number of nitriles is 1. The summed E-state index contributed by atoms with van der Waals surface area (Å²) in [5.74, 6) is -0.471. The Morgan fingerprint density at radius 2 is 2.42 bits per heavy atom. The highest BCUT2D eigenvalue weighted by atomic mass is 16.6. The van der Waals surface area contributed by atoms with E-state index < -0.39 is 5.97 Å². The van der Waals surface area contributed by atoms with Gasteiger partial charge in [-0.05, 0) is 38.3 Å². The van der Waals surface area contributed by atoms with Crippen LogP contribution in [0.3, 0.4) is 0 Å². The third kappa shape index (κ3) is 3.52. The van der Waals surface area contributed by atoms with Crippen LogP contribution in [0.5, 0.6) is 0 Å². The summed E-state index contributed by atoms with van der Waals surface area (Å²) >= 11 is 0. The quantitative estimate of drug-likeness (QED) is 0.777. The minimum atomic E-state index is -0.471. The van der Waals surface area contributed by atoms with Crippen LogP contribution < -0.4 is 0 Å². The molecule has 19 heavy (non-hydrogen) atoms. The number of ether oxygens (including phenoxy) is 2. The van der Waals surface area contributed by atoms with Crippen LogP contribution in [0.2, 0.25) is 0 Å². The molecule has 1 fully saturated rings. The molecule has 0 amide bonds. The fraction of sp³-hybridized carbons (Fsp3) is 0.500. The fourth-order valence-corrected chi connectivity index (χ4v) is 1.97. The van der Waals surface area contributed by atoms with Gasteiger partial charge in [-0.15, -0.1) is 0 Å². The third-order valence-electron chi connectivity index (χ3n) is 3.09. The molecule has 1 aliphatic heterocycles. The monoisotopic (exact) mass is 260 g/mol. The molecule has 0 saturated carbocycles.